The highest BCUT2D eigenvalue weighted by Crippen LogP contribution is 2.16. The maximum absolute atomic E-state index is 8.95. The van der Waals surface area contributed by atoms with Crippen molar-refractivity contribution in [2.45, 2.75) is 5.82 Å². The van der Waals surface area contributed by atoms with Gasteiger partial charge in [0.1, 0.15) is 0 Å². The summed E-state index contributed by atoms with van der Waals surface area (Å²) in [5, 5.41) is 17.9. The summed E-state index contributed by atoms with van der Waals surface area (Å²) in [6.45, 7) is 3.54. The van der Waals surface area contributed by atoms with E-state index in [1.54, 1.807) is 0 Å². The fourth-order valence-corrected chi connectivity index (χ4v) is 1.11. The van der Waals surface area contributed by atoms with Crippen molar-refractivity contribution in [3.8, 4) is 0 Å². The van der Waals surface area contributed by atoms with Crippen molar-refractivity contribution in [3.63, 3.8) is 0 Å². The van der Waals surface area contributed by atoms with Crippen molar-refractivity contribution in [1.82, 2.24) is 0 Å². The predicted octanol–water partition coefficient (Wildman–Crippen LogP) is 0.968. The topological polar surface area (TPSA) is 40.5 Å². The maximum atomic E-state index is 8.95. The largest absolute Gasteiger partial charge is 0.463 e. The molecule has 1 aromatic rings. The zero-order valence-corrected chi connectivity index (χ0v) is 6.72. The molecule has 2 nitrogen and oxygen atoms in total. The van der Waals surface area contributed by atoms with Crippen LogP contribution in [0.15, 0.2) is 43.0 Å². The third-order valence-electron chi connectivity index (χ3n) is 1.76. The highest BCUT2D eigenvalue weighted by molar-refractivity contribution is 6.44. The molecule has 62 valence electrons. The van der Waals surface area contributed by atoms with Crippen molar-refractivity contribution in [2.75, 3.05) is 0 Å². The summed E-state index contributed by atoms with van der Waals surface area (Å²) in [6.07, 6.45) is 1.53. The normalized spacial score (nSPS) is 12.2. The fourth-order valence-electron chi connectivity index (χ4n) is 1.11. The molecule has 0 fully saturated rings. The van der Waals surface area contributed by atoms with Gasteiger partial charge in [0.05, 0.1) is 0 Å². The van der Waals surface area contributed by atoms with Crippen LogP contribution in [0.2, 0.25) is 0 Å². The van der Waals surface area contributed by atoms with Gasteiger partial charge in [-0.25, -0.2) is 0 Å². The first-order valence-electron chi connectivity index (χ1n) is 3.79. The molecule has 0 aliphatic heterocycles. The van der Waals surface area contributed by atoms with Crippen LogP contribution in [0.3, 0.4) is 0 Å². The van der Waals surface area contributed by atoms with E-state index in [1.165, 1.54) is 6.08 Å². The van der Waals surface area contributed by atoms with Crippen molar-refractivity contribution in [2.24, 2.45) is 0 Å². The average Bonchev–Trinajstić information content (AvgIpc) is 2.07. The van der Waals surface area contributed by atoms with Crippen LogP contribution in [0.25, 0.3) is 0 Å². The van der Waals surface area contributed by atoms with Crippen LogP contribution in [-0.2, 0) is 0 Å². The van der Waals surface area contributed by atoms with E-state index in [1.807, 2.05) is 30.3 Å². The second-order valence-corrected chi connectivity index (χ2v) is 2.59. The number of rotatable bonds is 3. The van der Waals surface area contributed by atoms with Crippen LogP contribution < -0.4 is 0 Å². The van der Waals surface area contributed by atoms with Gasteiger partial charge < -0.3 is 10.0 Å². The third kappa shape index (κ3) is 1.97. The summed E-state index contributed by atoms with van der Waals surface area (Å²) in [6, 6.07) is 9.27. The van der Waals surface area contributed by atoms with Crippen molar-refractivity contribution >= 4 is 7.12 Å². The van der Waals surface area contributed by atoms with E-state index in [0.717, 1.165) is 5.56 Å². The molecule has 0 aliphatic rings. The minimum Gasteiger partial charge on any atom is -0.426 e. The average molecular weight is 162 g/mol. The van der Waals surface area contributed by atoms with Crippen LogP contribution in [0.5, 0.6) is 0 Å². The molecule has 0 heterocycles. The molecule has 0 amide bonds. The van der Waals surface area contributed by atoms with Gasteiger partial charge in [0.15, 0.2) is 0 Å². The Labute approximate surface area is 72.3 Å². The lowest BCUT2D eigenvalue weighted by Crippen LogP contribution is -2.21. The van der Waals surface area contributed by atoms with Gasteiger partial charge in [-0.3, -0.25) is 0 Å². The van der Waals surface area contributed by atoms with Crippen molar-refractivity contribution in [1.29, 1.82) is 0 Å². The van der Waals surface area contributed by atoms with Crippen molar-refractivity contribution in [3.05, 3.63) is 48.6 Å². The number of allylic oxidation sites excluding steroid dienone is 1. The second kappa shape index (κ2) is 4.09. The second-order valence-electron chi connectivity index (χ2n) is 2.59. The lowest BCUT2D eigenvalue weighted by Gasteiger charge is -2.10. The van der Waals surface area contributed by atoms with Gasteiger partial charge in [-0.05, 0) is 5.56 Å². The molecule has 1 unspecified atom stereocenters. The first kappa shape index (κ1) is 9.04. The van der Waals surface area contributed by atoms with Gasteiger partial charge in [-0.15, -0.1) is 6.58 Å². The standard InChI is InChI=1S/C9H11BO2/c1-2-9(10(11)12)8-6-4-3-5-7-8/h2-7,9,11-12H,1H2. The van der Waals surface area contributed by atoms with E-state index in [4.69, 9.17) is 10.0 Å². The van der Waals surface area contributed by atoms with Crippen molar-refractivity contribution < 1.29 is 10.0 Å². The molecule has 1 aromatic carbocycles. The summed E-state index contributed by atoms with van der Waals surface area (Å²) in [4.78, 5) is 0. The van der Waals surface area contributed by atoms with E-state index >= 15 is 0 Å². The Morgan fingerprint density at radius 2 is 1.83 bits per heavy atom. The molecule has 1 rings (SSSR count). The van der Waals surface area contributed by atoms with Gasteiger partial charge in [0.25, 0.3) is 0 Å². The first-order chi connectivity index (χ1) is 5.75. The highest BCUT2D eigenvalue weighted by Gasteiger charge is 2.20. The summed E-state index contributed by atoms with van der Waals surface area (Å²) >= 11 is 0. The molecule has 0 spiro atoms. The van der Waals surface area contributed by atoms with E-state index in [-0.39, 0.29) is 0 Å². The zero-order valence-electron chi connectivity index (χ0n) is 6.72. The lowest BCUT2D eigenvalue weighted by atomic mass is 9.69. The van der Waals surface area contributed by atoms with Crippen LogP contribution >= 0.6 is 0 Å². The Morgan fingerprint density at radius 3 is 2.25 bits per heavy atom. The van der Waals surface area contributed by atoms with E-state index in [9.17, 15) is 0 Å². The van der Waals surface area contributed by atoms with Gasteiger partial charge in [-0.2, -0.15) is 0 Å². The molecule has 0 saturated heterocycles. The molecule has 0 saturated carbocycles. The number of hydrogen-bond acceptors (Lipinski definition) is 2. The van der Waals surface area contributed by atoms with Gasteiger partial charge >= 0.3 is 7.12 Å². The Balaban J connectivity index is 2.88. The van der Waals surface area contributed by atoms with Crippen LogP contribution in [0.1, 0.15) is 11.4 Å². The Bertz CT molecular complexity index is 246. The molecule has 0 bridgehead atoms. The summed E-state index contributed by atoms with van der Waals surface area (Å²) < 4.78 is 0. The summed E-state index contributed by atoms with van der Waals surface area (Å²) in [5.41, 5.74) is 0.863. The highest BCUT2D eigenvalue weighted by atomic mass is 16.4. The molecule has 0 aromatic heterocycles. The Hall–Kier alpha value is -1.06. The van der Waals surface area contributed by atoms with Gasteiger partial charge in [0, 0.05) is 5.82 Å². The molecule has 12 heavy (non-hydrogen) atoms. The molecule has 3 heteroatoms. The summed E-state index contributed by atoms with van der Waals surface area (Å²) in [7, 11) is -1.37. The smallest absolute Gasteiger partial charge is 0.426 e. The Morgan fingerprint density at radius 1 is 1.25 bits per heavy atom. The number of benzene rings is 1. The monoisotopic (exact) mass is 162 g/mol. The van der Waals surface area contributed by atoms with E-state index in [2.05, 4.69) is 6.58 Å². The van der Waals surface area contributed by atoms with Gasteiger partial charge in [-0.1, -0.05) is 36.4 Å². The summed E-state index contributed by atoms with van der Waals surface area (Å²) in [5.74, 6) is -0.397. The van der Waals surface area contributed by atoms with E-state index in [0.29, 0.717) is 0 Å². The van der Waals surface area contributed by atoms with Gasteiger partial charge in [0.2, 0.25) is 0 Å². The van der Waals surface area contributed by atoms with E-state index < -0.39 is 12.9 Å². The minimum absolute atomic E-state index is 0.397. The predicted molar refractivity (Wildman–Crippen MR) is 49.6 cm³/mol. The molecular weight excluding hydrogens is 151 g/mol. The molecule has 2 N–H and O–H groups in total. The van der Waals surface area contributed by atoms with Crippen LogP contribution in [0, 0.1) is 0 Å². The van der Waals surface area contributed by atoms with Crippen LogP contribution in [-0.4, -0.2) is 17.2 Å². The lowest BCUT2D eigenvalue weighted by molar-refractivity contribution is 0.397. The Kier molecular flexibility index (Phi) is 3.08. The molecule has 0 aliphatic carbocycles. The minimum atomic E-state index is -1.37. The molecule has 0 radical (unpaired) electrons. The first-order valence-corrected chi connectivity index (χ1v) is 3.79. The third-order valence-corrected chi connectivity index (χ3v) is 1.76. The quantitative estimate of drug-likeness (QED) is 0.513. The molecule has 1 atom stereocenters. The van der Waals surface area contributed by atoms with Crippen LogP contribution in [0.4, 0.5) is 0 Å². The SMILES string of the molecule is C=CC(B(O)O)c1ccccc1. The number of hydrogen-bond donors (Lipinski definition) is 2. The maximum Gasteiger partial charge on any atom is 0.463 e. The zero-order chi connectivity index (χ0) is 8.97. The fraction of sp³-hybridized carbons (Fsp3) is 0.111. The molecular formula is C9H11BO2.